The average molecular weight is 218 g/mol. The van der Waals surface area contributed by atoms with Crippen molar-refractivity contribution < 1.29 is 0 Å². The first-order chi connectivity index (χ1) is 7.90. The summed E-state index contributed by atoms with van der Waals surface area (Å²) in [6.07, 6.45) is 9.22. The van der Waals surface area contributed by atoms with Crippen LogP contribution in [0.3, 0.4) is 0 Å². The number of nitrogens with one attached hydrogen (secondary N) is 1. The molecule has 1 N–H and O–H groups in total. The third kappa shape index (κ3) is 2.87. The lowest BCUT2D eigenvalue weighted by atomic mass is 10.1. The second-order valence-corrected chi connectivity index (χ2v) is 4.00. The summed E-state index contributed by atoms with van der Waals surface area (Å²) in [5.41, 5.74) is 3.41. The smallest absolute Gasteiger partial charge is 0.150 e. The van der Waals surface area contributed by atoms with Crippen LogP contribution in [0.2, 0.25) is 0 Å². The van der Waals surface area contributed by atoms with Crippen LogP contribution in [0, 0.1) is 0 Å². The highest BCUT2D eigenvalue weighted by Gasteiger charge is 2.16. The zero-order valence-corrected chi connectivity index (χ0v) is 9.47. The van der Waals surface area contributed by atoms with Crippen LogP contribution in [0.25, 0.3) is 0 Å². The molecular weight excluding hydrogens is 200 g/mol. The molecule has 2 rings (SSSR count). The van der Waals surface area contributed by atoms with Gasteiger partial charge in [0.1, 0.15) is 5.82 Å². The first-order valence-electron chi connectivity index (χ1n) is 5.81. The number of hydrogen-bond acceptors (Lipinski definition) is 4. The van der Waals surface area contributed by atoms with Gasteiger partial charge >= 0.3 is 0 Å². The minimum absolute atomic E-state index is 0.0132. The Morgan fingerprint density at radius 2 is 1.94 bits per heavy atom. The molecule has 0 aliphatic carbocycles. The second kappa shape index (κ2) is 5.72. The Labute approximate surface area is 96.4 Å². The van der Waals surface area contributed by atoms with Gasteiger partial charge in [-0.2, -0.15) is 0 Å². The standard InChI is InChI=1S/C12H18N4/c1-2-11(12-13-7-6-8-14-12)15-16-9-4-3-5-10-16/h2,6-8,11,15H,1,3-5,9-10H2. The molecule has 2 heterocycles. The molecule has 86 valence electrons. The van der Waals surface area contributed by atoms with E-state index in [4.69, 9.17) is 0 Å². The summed E-state index contributed by atoms with van der Waals surface area (Å²) in [6.45, 7) is 6.02. The third-order valence-corrected chi connectivity index (χ3v) is 2.78. The second-order valence-electron chi connectivity index (χ2n) is 4.00. The molecule has 0 spiro atoms. The van der Waals surface area contributed by atoms with Gasteiger partial charge in [-0.1, -0.05) is 12.5 Å². The molecule has 1 fully saturated rings. The molecule has 0 saturated carbocycles. The first-order valence-corrected chi connectivity index (χ1v) is 5.81. The first kappa shape index (κ1) is 11.2. The van der Waals surface area contributed by atoms with Crippen molar-refractivity contribution in [3.63, 3.8) is 0 Å². The molecular formula is C12H18N4. The van der Waals surface area contributed by atoms with E-state index in [2.05, 4.69) is 27.0 Å². The van der Waals surface area contributed by atoms with E-state index in [1.807, 2.05) is 12.1 Å². The van der Waals surface area contributed by atoms with Crippen LogP contribution >= 0.6 is 0 Å². The van der Waals surface area contributed by atoms with Crippen LogP contribution in [-0.4, -0.2) is 28.1 Å². The molecule has 1 unspecified atom stereocenters. The summed E-state index contributed by atoms with van der Waals surface area (Å²) < 4.78 is 0. The number of piperidine rings is 1. The number of hydrogen-bond donors (Lipinski definition) is 1. The fourth-order valence-corrected chi connectivity index (χ4v) is 1.91. The zero-order chi connectivity index (χ0) is 11.2. The van der Waals surface area contributed by atoms with Gasteiger partial charge in [0.05, 0.1) is 6.04 Å². The van der Waals surface area contributed by atoms with Gasteiger partial charge in [-0.05, 0) is 18.9 Å². The Balaban J connectivity index is 1.97. The molecule has 1 aromatic rings. The van der Waals surface area contributed by atoms with Gasteiger partial charge in [-0.3, -0.25) is 0 Å². The van der Waals surface area contributed by atoms with Crippen molar-refractivity contribution in [3.8, 4) is 0 Å². The average Bonchev–Trinajstić information content (AvgIpc) is 2.38. The van der Waals surface area contributed by atoms with E-state index in [-0.39, 0.29) is 6.04 Å². The fraction of sp³-hybridized carbons (Fsp3) is 0.500. The number of rotatable bonds is 4. The van der Waals surface area contributed by atoms with Gasteiger partial charge in [0.25, 0.3) is 0 Å². The summed E-state index contributed by atoms with van der Waals surface area (Å²) in [7, 11) is 0. The van der Waals surface area contributed by atoms with Crippen molar-refractivity contribution in [2.45, 2.75) is 25.3 Å². The topological polar surface area (TPSA) is 41.0 Å². The molecule has 1 aromatic heterocycles. The zero-order valence-electron chi connectivity index (χ0n) is 9.47. The minimum Gasteiger partial charge on any atom is -0.243 e. The van der Waals surface area contributed by atoms with Crippen molar-refractivity contribution >= 4 is 0 Å². The molecule has 16 heavy (non-hydrogen) atoms. The SMILES string of the molecule is C=CC(NN1CCCCC1)c1ncccn1. The fourth-order valence-electron chi connectivity index (χ4n) is 1.91. The van der Waals surface area contributed by atoms with Crippen LogP contribution in [0.15, 0.2) is 31.1 Å². The van der Waals surface area contributed by atoms with E-state index < -0.39 is 0 Å². The summed E-state index contributed by atoms with van der Waals surface area (Å²) in [4.78, 5) is 8.49. The van der Waals surface area contributed by atoms with Gasteiger partial charge < -0.3 is 0 Å². The van der Waals surface area contributed by atoms with E-state index in [1.165, 1.54) is 19.3 Å². The van der Waals surface area contributed by atoms with Crippen LogP contribution in [0.1, 0.15) is 31.1 Å². The van der Waals surface area contributed by atoms with Crippen molar-refractivity contribution in [1.29, 1.82) is 0 Å². The summed E-state index contributed by atoms with van der Waals surface area (Å²) in [6, 6.07) is 1.84. The summed E-state index contributed by atoms with van der Waals surface area (Å²) in [5.74, 6) is 0.781. The molecule has 1 aliphatic heterocycles. The summed E-state index contributed by atoms with van der Waals surface area (Å²) >= 11 is 0. The van der Waals surface area contributed by atoms with Crippen molar-refractivity contribution in [1.82, 2.24) is 20.4 Å². The van der Waals surface area contributed by atoms with E-state index in [1.54, 1.807) is 12.4 Å². The molecule has 0 bridgehead atoms. The molecule has 1 saturated heterocycles. The molecule has 4 heteroatoms. The van der Waals surface area contributed by atoms with E-state index in [9.17, 15) is 0 Å². The number of hydrazine groups is 1. The van der Waals surface area contributed by atoms with Crippen molar-refractivity contribution in [3.05, 3.63) is 36.9 Å². The molecule has 1 atom stereocenters. The van der Waals surface area contributed by atoms with Gasteiger partial charge in [0.2, 0.25) is 0 Å². The lowest BCUT2D eigenvalue weighted by Crippen LogP contribution is -2.43. The Kier molecular flexibility index (Phi) is 4.02. The lowest BCUT2D eigenvalue weighted by Gasteiger charge is -2.29. The monoisotopic (exact) mass is 218 g/mol. The van der Waals surface area contributed by atoms with Crippen molar-refractivity contribution in [2.75, 3.05) is 13.1 Å². The van der Waals surface area contributed by atoms with Crippen LogP contribution < -0.4 is 5.43 Å². The highest BCUT2D eigenvalue weighted by atomic mass is 15.5. The Hall–Kier alpha value is -1.26. The Bertz CT molecular complexity index is 319. The highest BCUT2D eigenvalue weighted by Crippen LogP contribution is 2.12. The molecule has 4 nitrogen and oxygen atoms in total. The summed E-state index contributed by atoms with van der Waals surface area (Å²) in [5, 5.41) is 2.24. The van der Waals surface area contributed by atoms with Gasteiger partial charge in [-0.25, -0.2) is 20.4 Å². The van der Waals surface area contributed by atoms with E-state index in [0.29, 0.717) is 0 Å². The van der Waals surface area contributed by atoms with E-state index >= 15 is 0 Å². The molecule has 0 aromatic carbocycles. The number of nitrogens with zero attached hydrogens (tertiary/aromatic N) is 3. The Morgan fingerprint density at radius 1 is 1.25 bits per heavy atom. The van der Waals surface area contributed by atoms with Crippen LogP contribution in [-0.2, 0) is 0 Å². The van der Waals surface area contributed by atoms with Gasteiger partial charge in [0.15, 0.2) is 0 Å². The predicted octanol–water partition coefficient (Wildman–Crippen LogP) is 1.69. The maximum Gasteiger partial charge on any atom is 0.150 e. The molecule has 1 aliphatic rings. The molecule has 0 amide bonds. The molecule has 0 radical (unpaired) electrons. The van der Waals surface area contributed by atoms with Crippen LogP contribution in [0.5, 0.6) is 0 Å². The predicted molar refractivity (Wildman–Crippen MR) is 63.5 cm³/mol. The van der Waals surface area contributed by atoms with Crippen molar-refractivity contribution in [2.24, 2.45) is 0 Å². The lowest BCUT2D eigenvalue weighted by molar-refractivity contribution is 0.138. The highest BCUT2D eigenvalue weighted by molar-refractivity contribution is 5.03. The van der Waals surface area contributed by atoms with Gasteiger partial charge in [0, 0.05) is 25.5 Å². The van der Waals surface area contributed by atoms with E-state index in [0.717, 1.165) is 18.9 Å². The number of aromatic nitrogens is 2. The minimum atomic E-state index is 0.0132. The van der Waals surface area contributed by atoms with Gasteiger partial charge in [-0.15, -0.1) is 6.58 Å². The largest absolute Gasteiger partial charge is 0.243 e. The maximum atomic E-state index is 4.24. The normalized spacial score (nSPS) is 19.2. The Morgan fingerprint density at radius 3 is 2.56 bits per heavy atom. The van der Waals surface area contributed by atoms with Crippen LogP contribution in [0.4, 0.5) is 0 Å². The maximum absolute atomic E-state index is 4.24. The third-order valence-electron chi connectivity index (χ3n) is 2.78. The quantitative estimate of drug-likeness (QED) is 0.781.